The molecule has 1 N–H and O–H groups in total. The highest BCUT2D eigenvalue weighted by atomic mass is 32.2. The van der Waals surface area contributed by atoms with Gasteiger partial charge in [-0.15, -0.1) is 0 Å². The van der Waals surface area contributed by atoms with Gasteiger partial charge in [0.15, 0.2) is 9.84 Å². The van der Waals surface area contributed by atoms with E-state index < -0.39 is 15.7 Å². The number of fused-ring (bicyclic) bond motifs is 1. The summed E-state index contributed by atoms with van der Waals surface area (Å²) in [6.45, 7) is 1.98. The van der Waals surface area contributed by atoms with Crippen LogP contribution in [0.5, 0.6) is 0 Å². The number of nitrogens with zero attached hydrogens (tertiary/aromatic N) is 1. The van der Waals surface area contributed by atoms with Crippen LogP contribution >= 0.6 is 0 Å². The molecule has 162 valence electrons. The lowest BCUT2D eigenvalue weighted by atomic mass is 10.0. The Balaban J connectivity index is 1.96. The molecule has 5 nitrogen and oxygen atoms in total. The number of nitrogens with one attached hydrogen (secondary N) is 1. The molecule has 4 aromatic rings. The summed E-state index contributed by atoms with van der Waals surface area (Å²) in [6, 6.07) is 25.6. The third-order valence-electron chi connectivity index (χ3n) is 5.41. The summed E-state index contributed by atoms with van der Waals surface area (Å²) >= 11 is 0. The SMILES string of the molecule is CC[C@H](NC(=O)c1c(S(C)(=O)=O)c(-c2ccccc2)nc2ccccc12)c1ccccc1. The Morgan fingerprint density at radius 3 is 2.12 bits per heavy atom. The molecule has 0 aliphatic rings. The number of hydrogen-bond acceptors (Lipinski definition) is 4. The average molecular weight is 445 g/mol. The van der Waals surface area contributed by atoms with E-state index in [0.29, 0.717) is 22.9 Å². The number of amides is 1. The van der Waals surface area contributed by atoms with Gasteiger partial charge < -0.3 is 5.32 Å². The first-order chi connectivity index (χ1) is 15.4. The Hall–Kier alpha value is -3.51. The minimum absolute atomic E-state index is 0.0529. The molecule has 32 heavy (non-hydrogen) atoms. The molecule has 1 atom stereocenters. The molecule has 1 amide bonds. The van der Waals surface area contributed by atoms with E-state index in [9.17, 15) is 13.2 Å². The van der Waals surface area contributed by atoms with Gasteiger partial charge in [0, 0.05) is 17.2 Å². The van der Waals surface area contributed by atoms with Crippen LogP contribution in [0.15, 0.2) is 89.8 Å². The summed E-state index contributed by atoms with van der Waals surface area (Å²) in [5.41, 5.74) is 2.58. The summed E-state index contributed by atoms with van der Waals surface area (Å²) in [5.74, 6) is -0.433. The first-order valence-electron chi connectivity index (χ1n) is 10.4. The second kappa shape index (κ2) is 8.93. The second-order valence-corrected chi connectivity index (χ2v) is 9.62. The molecule has 4 rings (SSSR count). The van der Waals surface area contributed by atoms with Crippen LogP contribution in [-0.4, -0.2) is 25.6 Å². The van der Waals surface area contributed by atoms with E-state index in [-0.39, 0.29) is 22.2 Å². The predicted molar refractivity (Wildman–Crippen MR) is 127 cm³/mol. The highest BCUT2D eigenvalue weighted by Gasteiger charge is 2.29. The molecule has 0 radical (unpaired) electrons. The highest BCUT2D eigenvalue weighted by molar-refractivity contribution is 7.91. The van der Waals surface area contributed by atoms with Crippen molar-refractivity contribution in [3.05, 3.63) is 96.1 Å². The molecule has 0 bridgehead atoms. The number of aromatic nitrogens is 1. The number of carbonyl (C=O) groups is 1. The number of carbonyl (C=O) groups excluding carboxylic acids is 1. The smallest absolute Gasteiger partial charge is 0.253 e. The average Bonchev–Trinajstić information content (AvgIpc) is 2.81. The van der Waals surface area contributed by atoms with Crippen LogP contribution in [0.25, 0.3) is 22.2 Å². The van der Waals surface area contributed by atoms with Crippen LogP contribution < -0.4 is 5.32 Å². The first-order valence-corrected chi connectivity index (χ1v) is 12.3. The zero-order valence-corrected chi connectivity index (χ0v) is 18.8. The van der Waals surface area contributed by atoms with E-state index in [1.165, 1.54) is 0 Å². The summed E-state index contributed by atoms with van der Waals surface area (Å²) in [7, 11) is -3.78. The van der Waals surface area contributed by atoms with Crippen LogP contribution in [0.2, 0.25) is 0 Å². The minimum Gasteiger partial charge on any atom is -0.345 e. The summed E-state index contributed by atoms with van der Waals surface area (Å²) in [5, 5.41) is 3.56. The van der Waals surface area contributed by atoms with Gasteiger partial charge >= 0.3 is 0 Å². The van der Waals surface area contributed by atoms with Crippen molar-refractivity contribution in [3.63, 3.8) is 0 Å². The van der Waals surface area contributed by atoms with Crippen LogP contribution in [0.3, 0.4) is 0 Å². The molecule has 3 aromatic carbocycles. The van der Waals surface area contributed by atoms with Crippen molar-refractivity contribution in [2.45, 2.75) is 24.3 Å². The fourth-order valence-electron chi connectivity index (χ4n) is 3.91. The molecule has 0 aliphatic carbocycles. The Morgan fingerprint density at radius 1 is 0.906 bits per heavy atom. The molecule has 0 fully saturated rings. The summed E-state index contributed by atoms with van der Waals surface area (Å²) < 4.78 is 26.0. The number of rotatable bonds is 6. The molecule has 0 saturated carbocycles. The largest absolute Gasteiger partial charge is 0.345 e. The number of pyridine rings is 1. The second-order valence-electron chi connectivity index (χ2n) is 7.66. The Morgan fingerprint density at radius 2 is 1.50 bits per heavy atom. The molecule has 1 heterocycles. The van der Waals surface area contributed by atoms with Gasteiger partial charge in [0.1, 0.15) is 4.90 Å². The fraction of sp³-hybridized carbons (Fsp3) is 0.154. The van der Waals surface area contributed by atoms with Gasteiger partial charge in [-0.2, -0.15) is 0 Å². The van der Waals surface area contributed by atoms with E-state index in [1.807, 2.05) is 61.5 Å². The maximum Gasteiger partial charge on any atom is 0.253 e. The van der Waals surface area contributed by atoms with Crippen molar-refractivity contribution in [1.82, 2.24) is 10.3 Å². The zero-order chi connectivity index (χ0) is 22.7. The van der Waals surface area contributed by atoms with Crippen molar-refractivity contribution >= 4 is 26.6 Å². The third-order valence-corrected chi connectivity index (χ3v) is 6.55. The molecular formula is C26H24N2O3S. The quantitative estimate of drug-likeness (QED) is 0.444. The van der Waals surface area contributed by atoms with Gasteiger partial charge in [0.25, 0.3) is 5.91 Å². The maximum absolute atomic E-state index is 13.6. The minimum atomic E-state index is -3.78. The van der Waals surface area contributed by atoms with Crippen molar-refractivity contribution < 1.29 is 13.2 Å². The molecular weight excluding hydrogens is 420 g/mol. The molecule has 0 spiro atoms. The van der Waals surface area contributed by atoms with Crippen molar-refractivity contribution in [2.24, 2.45) is 0 Å². The number of para-hydroxylation sites is 1. The van der Waals surface area contributed by atoms with Gasteiger partial charge in [-0.3, -0.25) is 4.79 Å². The fourth-order valence-corrected chi connectivity index (χ4v) is 5.00. The van der Waals surface area contributed by atoms with Crippen molar-refractivity contribution in [1.29, 1.82) is 0 Å². The first kappa shape index (κ1) is 21.7. The standard InChI is InChI=1S/C26H24N2O3S/c1-3-21(18-12-6-4-7-13-18)28-26(29)23-20-16-10-11-17-22(20)27-24(25(23)32(2,30)31)19-14-8-5-9-15-19/h4-17,21H,3H2,1-2H3,(H,28,29)/t21-/m0/s1. The molecule has 0 saturated heterocycles. The summed E-state index contributed by atoms with van der Waals surface area (Å²) in [4.78, 5) is 18.2. The zero-order valence-electron chi connectivity index (χ0n) is 17.9. The highest BCUT2D eigenvalue weighted by Crippen LogP contribution is 2.34. The lowest BCUT2D eigenvalue weighted by Crippen LogP contribution is -2.30. The van der Waals surface area contributed by atoms with Crippen LogP contribution in [0.1, 0.15) is 35.3 Å². The van der Waals surface area contributed by atoms with E-state index in [0.717, 1.165) is 11.8 Å². The van der Waals surface area contributed by atoms with Crippen molar-refractivity contribution in [2.75, 3.05) is 6.26 Å². The molecule has 1 aromatic heterocycles. The number of hydrogen-bond donors (Lipinski definition) is 1. The third kappa shape index (κ3) is 4.27. The number of benzene rings is 3. The van der Waals surface area contributed by atoms with Crippen LogP contribution in [-0.2, 0) is 9.84 Å². The number of sulfone groups is 1. The lowest BCUT2D eigenvalue weighted by molar-refractivity contribution is 0.0934. The lowest BCUT2D eigenvalue weighted by Gasteiger charge is -2.20. The van der Waals surface area contributed by atoms with Crippen LogP contribution in [0.4, 0.5) is 0 Å². The van der Waals surface area contributed by atoms with E-state index >= 15 is 0 Å². The van der Waals surface area contributed by atoms with Crippen LogP contribution in [0, 0.1) is 0 Å². The van der Waals surface area contributed by atoms with Crippen molar-refractivity contribution in [3.8, 4) is 11.3 Å². The van der Waals surface area contributed by atoms with E-state index in [1.54, 1.807) is 30.3 Å². The Labute approximate surface area is 188 Å². The summed E-state index contributed by atoms with van der Waals surface area (Å²) in [6.07, 6.45) is 1.79. The normalized spacial score (nSPS) is 12.4. The Bertz CT molecular complexity index is 1370. The van der Waals surface area contributed by atoms with Gasteiger partial charge in [-0.05, 0) is 18.1 Å². The van der Waals surface area contributed by atoms with Gasteiger partial charge in [-0.1, -0.05) is 85.8 Å². The topological polar surface area (TPSA) is 76.1 Å². The molecule has 0 aliphatic heterocycles. The maximum atomic E-state index is 13.6. The van der Waals surface area contributed by atoms with Gasteiger partial charge in [-0.25, -0.2) is 13.4 Å². The van der Waals surface area contributed by atoms with E-state index in [2.05, 4.69) is 10.3 Å². The van der Waals surface area contributed by atoms with E-state index in [4.69, 9.17) is 0 Å². The molecule has 6 heteroatoms. The van der Waals surface area contributed by atoms with Gasteiger partial charge in [0.05, 0.1) is 22.8 Å². The van der Waals surface area contributed by atoms with Gasteiger partial charge in [0.2, 0.25) is 0 Å². The Kier molecular flexibility index (Phi) is 6.06. The monoisotopic (exact) mass is 444 g/mol. The molecule has 0 unspecified atom stereocenters. The predicted octanol–water partition coefficient (Wildman–Crippen LogP) is 5.19.